The number of benzene rings is 1. The number of hydrazine groups is 1. The molecule has 0 saturated carbocycles. The van der Waals surface area contributed by atoms with E-state index in [1.807, 2.05) is 0 Å². The van der Waals surface area contributed by atoms with Crippen molar-refractivity contribution in [2.45, 2.75) is 0 Å². The number of carbonyl (C=O) groups excluding carboxylic acids is 2. The Kier molecular flexibility index (Phi) is 5.69. The number of rotatable bonds is 5. The Hall–Kier alpha value is -2.68. The van der Waals surface area contributed by atoms with Gasteiger partial charge in [-0.15, -0.1) is 0 Å². The van der Waals surface area contributed by atoms with Crippen LogP contribution < -0.4 is 25.1 Å². The van der Waals surface area contributed by atoms with E-state index in [-0.39, 0.29) is 5.56 Å². The number of carbonyl (C=O) groups is 2. The quantitative estimate of drug-likeness (QED) is 0.668. The standard InChI is InChI=1S/C15H16BrN3O5/c1-22-11-4-8(5-12(23-2)13(11)24-3)14(20)18-19-15(21)10-6-9(16)7-17-10/h4-7,17H,1-3H3,(H,18,20)(H,19,21). The van der Waals surface area contributed by atoms with E-state index in [0.717, 1.165) is 4.47 Å². The number of nitrogens with one attached hydrogen (secondary N) is 3. The molecule has 0 bridgehead atoms. The Morgan fingerprint density at radius 1 is 0.958 bits per heavy atom. The van der Waals surface area contributed by atoms with E-state index in [1.165, 1.54) is 33.5 Å². The fraction of sp³-hybridized carbons (Fsp3) is 0.200. The van der Waals surface area contributed by atoms with Crippen LogP contribution in [-0.4, -0.2) is 38.1 Å². The second kappa shape index (κ2) is 7.73. The number of hydrogen-bond donors (Lipinski definition) is 3. The molecule has 0 fully saturated rings. The van der Waals surface area contributed by atoms with Gasteiger partial charge < -0.3 is 19.2 Å². The first kappa shape index (κ1) is 17.7. The zero-order valence-corrected chi connectivity index (χ0v) is 14.8. The molecule has 128 valence electrons. The van der Waals surface area contributed by atoms with E-state index in [0.29, 0.717) is 22.9 Å². The van der Waals surface area contributed by atoms with E-state index < -0.39 is 11.8 Å². The Bertz CT molecular complexity index is 734. The molecule has 1 aromatic carbocycles. The van der Waals surface area contributed by atoms with Crippen molar-refractivity contribution in [2.75, 3.05) is 21.3 Å². The Labute approximate surface area is 146 Å². The molecule has 2 amide bonds. The summed E-state index contributed by atoms with van der Waals surface area (Å²) in [4.78, 5) is 26.9. The molecule has 0 atom stereocenters. The summed E-state index contributed by atoms with van der Waals surface area (Å²) in [5.74, 6) is 0.0230. The predicted molar refractivity (Wildman–Crippen MR) is 89.5 cm³/mol. The molecule has 24 heavy (non-hydrogen) atoms. The zero-order valence-electron chi connectivity index (χ0n) is 13.2. The number of halogens is 1. The van der Waals surface area contributed by atoms with Gasteiger partial charge in [0.1, 0.15) is 5.69 Å². The lowest BCUT2D eigenvalue weighted by Crippen LogP contribution is -2.41. The van der Waals surface area contributed by atoms with Gasteiger partial charge in [-0.3, -0.25) is 20.4 Å². The molecule has 0 radical (unpaired) electrons. The van der Waals surface area contributed by atoms with Crippen molar-refractivity contribution in [3.8, 4) is 17.2 Å². The zero-order chi connectivity index (χ0) is 17.7. The number of ether oxygens (including phenoxy) is 3. The molecule has 2 rings (SSSR count). The van der Waals surface area contributed by atoms with E-state index in [2.05, 4.69) is 31.8 Å². The van der Waals surface area contributed by atoms with E-state index in [1.54, 1.807) is 12.3 Å². The van der Waals surface area contributed by atoms with Crippen LogP contribution in [0.5, 0.6) is 17.2 Å². The van der Waals surface area contributed by atoms with Gasteiger partial charge in [0, 0.05) is 16.2 Å². The Morgan fingerprint density at radius 2 is 1.54 bits per heavy atom. The third kappa shape index (κ3) is 3.80. The third-order valence-corrected chi connectivity index (χ3v) is 3.57. The molecule has 1 heterocycles. The summed E-state index contributed by atoms with van der Waals surface area (Å²) in [7, 11) is 4.36. The van der Waals surface area contributed by atoms with Crippen molar-refractivity contribution < 1.29 is 23.8 Å². The Morgan fingerprint density at radius 3 is 2.00 bits per heavy atom. The predicted octanol–water partition coefficient (Wildman–Crippen LogP) is 1.88. The van der Waals surface area contributed by atoms with Crippen molar-refractivity contribution in [3.05, 3.63) is 40.1 Å². The van der Waals surface area contributed by atoms with Crippen LogP contribution in [0.1, 0.15) is 20.8 Å². The summed E-state index contributed by atoms with van der Waals surface area (Å²) in [5.41, 5.74) is 5.16. The van der Waals surface area contributed by atoms with E-state index >= 15 is 0 Å². The summed E-state index contributed by atoms with van der Waals surface area (Å²) in [6.07, 6.45) is 1.61. The highest BCUT2D eigenvalue weighted by Gasteiger charge is 2.17. The van der Waals surface area contributed by atoms with Gasteiger partial charge in [-0.2, -0.15) is 0 Å². The van der Waals surface area contributed by atoms with Crippen LogP contribution in [0.25, 0.3) is 0 Å². The summed E-state index contributed by atoms with van der Waals surface area (Å²) in [5, 5.41) is 0. The molecule has 1 aromatic heterocycles. The molecule has 9 heteroatoms. The molecule has 8 nitrogen and oxygen atoms in total. The van der Waals surface area contributed by atoms with Crippen molar-refractivity contribution in [2.24, 2.45) is 0 Å². The summed E-state index contributed by atoms with van der Waals surface area (Å²) >= 11 is 3.22. The topological polar surface area (TPSA) is 102 Å². The number of aromatic nitrogens is 1. The first-order valence-electron chi connectivity index (χ1n) is 6.74. The molecule has 0 unspecified atom stereocenters. The third-order valence-electron chi connectivity index (χ3n) is 3.11. The van der Waals surface area contributed by atoms with Crippen molar-refractivity contribution >= 4 is 27.7 Å². The summed E-state index contributed by atoms with van der Waals surface area (Å²) in [6, 6.07) is 4.54. The fourth-order valence-corrected chi connectivity index (χ4v) is 2.31. The number of hydrogen-bond acceptors (Lipinski definition) is 5. The van der Waals surface area contributed by atoms with Crippen LogP contribution in [0.4, 0.5) is 0 Å². The monoisotopic (exact) mass is 397 g/mol. The molecule has 0 aliphatic heterocycles. The van der Waals surface area contributed by atoms with Crippen molar-refractivity contribution in [1.82, 2.24) is 15.8 Å². The first-order valence-corrected chi connectivity index (χ1v) is 7.54. The van der Waals surface area contributed by atoms with Gasteiger partial charge in [-0.05, 0) is 34.1 Å². The fourth-order valence-electron chi connectivity index (χ4n) is 1.96. The SMILES string of the molecule is COc1cc(C(=O)NNC(=O)c2cc(Br)c[nH]2)cc(OC)c1OC. The van der Waals surface area contributed by atoms with E-state index in [4.69, 9.17) is 14.2 Å². The van der Waals surface area contributed by atoms with Gasteiger partial charge >= 0.3 is 0 Å². The average Bonchev–Trinajstić information content (AvgIpc) is 3.04. The van der Waals surface area contributed by atoms with Crippen LogP contribution in [0, 0.1) is 0 Å². The smallest absolute Gasteiger partial charge is 0.286 e. The van der Waals surface area contributed by atoms with Crippen LogP contribution >= 0.6 is 15.9 Å². The summed E-state index contributed by atoms with van der Waals surface area (Å²) in [6.45, 7) is 0. The van der Waals surface area contributed by atoms with Crippen LogP contribution in [0.3, 0.4) is 0 Å². The molecule has 0 aliphatic rings. The molecule has 2 aromatic rings. The normalized spacial score (nSPS) is 10.0. The minimum Gasteiger partial charge on any atom is -0.493 e. The maximum absolute atomic E-state index is 12.2. The van der Waals surface area contributed by atoms with Crippen LogP contribution in [-0.2, 0) is 0 Å². The van der Waals surface area contributed by atoms with Gasteiger partial charge in [0.2, 0.25) is 5.75 Å². The maximum atomic E-state index is 12.2. The lowest BCUT2D eigenvalue weighted by molar-refractivity contribution is 0.0844. The number of amides is 2. The number of H-pyrrole nitrogens is 1. The first-order chi connectivity index (χ1) is 11.5. The van der Waals surface area contributed by atoms with Gasteiger partial charge in [-0.1, -0.05) is 0 Å². The summed E-state index contributed by atoms with van der Waals surface area (Å²) < 4.78 is 16.3. The number of aromatic amines is 1. The second-order valence-electron chi connectivity index (χ2n) is 4.55. The van der Waals surface area contributed by atoms with Gasteiger partial charge in [0.15, 0.2) is 11.5 Å². The Balaban J connectivity index is 2.13. The van der Waals surface area contributed by atoms with Gasteiger partial charge in [-0.25, -0.2) is 0 Å². The highest BCUT2D eigenvalue weighted by molar-refractivity contribution is 9.10. The molecular weight excluding hydrogens is 382 g/mol. The van der Waals surface area contributed by atoms with Crippen molar-refractivity contribution in [3.63, 3.8) is 0 Å². The second-order valence-corrected chi connectivity index (χ2v) is 5.47. The van der Waals surface area contributed by atoms with Crippen molar-refractivity contribution in [1.29, 1.82) is 0 Å². The molecule has 0 aliphatic carbocycles. The highest BCUT2D eigenvalue weighted by Crippen LogP contribution is 2.38. The molecule has 3 N–H and O–H groups in total. The van der Waals surface area contributed by atoms with Crippen LogP contribution in [0.15, 0.2) is 28.9 Å². The lowest BCUT2D eigenvalue weighted by Gasteiger charge is -2.14. The van der Waals surface area contributed by atoms with Gasteiger partial charge in [0.05, 0.1) is 21.3 Å². The molecule has 0 spiro atoms. The number of methoxy groups -OCH3 is 3. The largest absolute Gasteiger partial charge is 0.493 e. The molecule has 0 saturated heterocycles. The van der Waals surface area contributed by atoms with Crippen LogP contribution in [0.2, 0.25) is 0 Å². The van der Waals surface area contributed by atoms with E-state index in [9.17, 15) is 9.59 Å². The minimum atomic E-state index is -0.534. The average molecular weight is 398 g/mol. The highest BCUT2D eigenvalue weighted by atomic mass is 79.9. The molecular formula is C15H16BrN3O5. The minimum absolute atomic E-state index is 0.234. The lowest BCUT2D eigenvalue weighted by atomic mass is 10.1. The maximum Gasteiger partial charge on any atom is 0.286 e. The van der Waals surface area contributed by atoms with Gasteiger partial charge in [0.25, 0.3) is 11.8 Å².